The van der Waals surface area contributed by atoms with E-state index in [-0.39, 0.29) is 5.91 Å². The first-order valence-electron chi connectivity index (χ1n) is 6.50. The summed E-state index contributed by atoms with van der Waals surface area (Å²) in [4.78, 5) is 16.5. The second-order valence-corrected chi connectivity index (χ2v) is 6.46. The Morgan fingerprint density at radius 2 is 2.05 bits per heavy atom. The van der Waals surface area contributed by atoms with Crippen molar-refractivity contribution in [3.63, 3.8) is 0 Å². The first-order valence-corrected chi connectivity index (χ1v) is 8.32. The van der Waals surface area contributed by atoms with Gasteiger partial charge >= 0.3 is 0 Å². The monoisotopic (exact) mass is 314 g/mol. The number of aromatic nitrogens is 1. The molecule has 0 atom stereocenters. The second kappa shape index (κ2) is 5.79. The summed E-state index contributed by atoms with van der Waals surface area (Å²) in [5.41, 5.74) is 5.10. The van der Waals surface area contributed by atoms with Crippen molar-refractivity contribution in [3.05, 3.63) is 57.1 Å². The van der Waals surface area contributed by atoms with E-state index in [2.05, 4.69) is 42.3 Å². The van der Waals surface area contributed by atoms with Crippen molar-refractivity contribution in [2.75, 3.05) is 5.32 Å². The van der Waals surface area contributed by atoms with Crippen LogP contribution >= 0.6 is 22.7 Å². The van der Waals surface area contributed by atoms with Gasteiger partial charge in [-0.05, 0) is 30.9 Å². The number of nitrogens with one attached hydrogen (secondary N) is 1. The van der Waals surface area contributed by atoms with Crippen LogP contribution in [0.2, 0.25) is 0 Å². The second-order valence-electron chi connectivity index (χ2n) is 4.82. The highest BCUT2D eigenvalue weighted by molar-refractivity contribution is 7.14. The largest absolute Gasteiger partial charge is 0.298 e. The topological polar surface area (TPSA) is 42.0 Å². The molecule has 0 saturated heterocycles. The highest BCUT2D eigenvalue weighted by Crippen LogP contribution is 2.28. The molecule has 2 aromatic heterocycles. The fourth-order valence-corrected chi connectivity index (χ4v) is 3.46. The van der Waals surface area contributed by atoms with Crippen molar-refractivity contribution >= 4 is 33.7 Å². The summed E-state index contributed by atoms with van der Waals surface area (Å²) in [5.74, 6) is -0.113. The first-order chi connectivity index (χ1) is 10.1. The molecular weight excluding hydrogens is 300 g/mol. The molecule has 3 rings (SSSR count). The number of carbonyl (C=O) groups excluding carboxylic acids is 1. The molecule has 0 radical (unpaired) electrons. The molecule has 1 amide bonds. The molecule has 0 aliphatic heterocycles. The number of hydrogen-bond donors (Lipinski definition) is 1. The molecule has 3 nitrogen and oxygen atoms in total. The first kappa shape index (κ1) is 14.0. The van der Waals surface area contributed by atoms with Gasteiger partial charge in [0, 0.05) is 16.3 Å². The smallest absolute Gasteiger partial charge is 0.258 e. The lowest BCUT2D eigenvalue weighted by Gasteiger charge is -2.03. The maximum atomic E-state index is 12.0. The van der Waals surface area contributed by atoms with Gasteiger partial charge in [-0.1, -0.05) is 23.8 Å². The zero-order valence-corrected chi connectivity index (χ0v) is 13.3. The number of hydrogen-bond acceptors (Lipinski definition) is 4. The Kier molecular flexibility index (Phi) is 3.86. The van der Waals surface area contributed by atoms with Crippen LogP contribution in [0.5, 0.6) is 0 Å². The van der Waals surface area contributed by atoms with Crippen LogP contribution in [0.25, 0.3) is 11.3 Å². The van der Waals surface area contributed by atoms with Gasteiger partial charge < -0.3 is 0 Å². The molecule has 21 heavy (non-hydrogen) atoms. The number of aryl methyl sites for hydroxylation is 2. The SMILES string of the molecule is Cc1ccc(-c2csc(NC(=O)c3ccsc3)n2)c(C)c1. The maximum Gasteiger partial charge on any atom is 0.258 e. The summed E-state index contributed by atoms with van der Waals surface area (Å²) in [6.45, 7) is 4.15. The third-order valence-electron chi connectivity index (χ3n) is 3.17. The molecule has 0 fully saturated rings. The number of rotatable bonds is 3. The molecule has 5 heteroatoms. The van der Waals surface area contributed by atoms with Crippen LogP contribution in [0, 0.1) is 13.8 Å². The van der Waals surface area contributed by atoms with Gasteiger partial charge in [0.05, 0.1) is 11.3 Å². The van der Waals surface area contributed by atoms with Gasteiger partial charge in [-0.3, -0.25) is 10.1 Å². The number of amides is 1. The summed E-state index contributed by atoms with van der Waals surface area (Å²) in [5, 5.41) is 9.15. The molecule has 0 aliphatic carbocycles. The summed E-state index contributed by atoms with van der Waals surface area (Å²) >= 11 is 2.95. The molecule has 2 heterocycles. The van der Waals surface area contributed by atoms with Crippen LogP contribution in [0.1, 0.15) is 21.5 Å². The maximum absolute atomic E-state index is 12.0. The zero-order chi connectivity index (χ0) is 14.8. The zero-order valence-electron chi connectivity index (χ0n) is 11.7. The standard InChI is InChI=1S/C16H14N2OS2/c1-10-3-4-13(11(2)7-10)14-9-21-16(17-14)18-15(19)12-5-6-20-8-12/h3-9H,1-2H3,(H,17,18,19). The number of benzene rings is 1. The van der Waals surface area contributed by atoms with Crippen molar-refractivity contribution in [1.29, 1.82) is 0 Å². The summed E-state index contributed by atoms with van der Waals surface area (Å²) < 4.78 is 0. The highest BCUT2D eigenvalue weighted by Gasteiger charge is 2.11. The molecule has 0 spiro atoms. The summed E-state index contributed by atoms with van der Waals surface area (Å²) in [6, 6.07) is 8.09. The Balaban J connectivity index is 1.82. The molecule has 3 aromatic rings. The third kappa shape index (κ3) is 3.04. The van der Waals surface area contributed by atoms with Gasteiger partial charge in [0.1, 0.15) is 0 Å². The average Bonchev–Trinajstić information content (AvgIpc) is 3.09. The molecule has 0 aliphatic rings. The normalized spacial score (nSPS) is 10.6. The van der Waals surface area contributed by atoms with Gasteiger partial charge in [0.15, 0.2) is 5.13 Å². The number of anilines is 1. The van der Waals surface area contributed by atoms with E-state index in [4.69, 9.17) is 0 Å². The predicted molar refractivity (Wildman–Crippen MR) is 89.3 cm³/mol. The van der Waals surface area contributed by atoms with E-state index >= 15 is 0 Å². The molecular formula is C16H14N2OS2. The molecule has 1 N–H and O–H groups in total. The van der Waals surface area contributed by atoms with Crippen LogP contribution in [0.15, 0.2) is 40.4 Å². The lowest BCUT2D eigenvalue weighted by atomic mass is 10.0. The van der Waals surface area contributed by atoms with Gasteiger partial charge in [-0.15, -0.1) is 11.3 Å². The van der Waals surface area contributed by atoms with E-state index in [1.807, 2.05) is 16.1 Å². The average molecular weight is 314 g/mol. The van der Waals surface area contributed by atoms with Gasteiger partial charge in [-0.2, -0.15) is 11.3 Å². The van der Waals surface area contributed by atoms with Crippen LogP contribution < -0.4 is 5.32 Å². The van der Waals surface area contributed by atoms with E-state index in [1.165, 1.54) is 33.8 Å². The number of thiazole rings is 1. The van der Waals surface area contributed by atoms with E-state index in [0.717, 1.165) is 11.3 Å². The van der Waals surface area contributed by atoms with Gasteiger partial charge in [0.2, 0.25) is 0 Å². The summed E-state index contributed by atoms with van der Waals surface area (Å²) in [6.07, 6.45) is 0. The Hall–Kier alpha value is -1.98. The molecule has 0 bridgehead atoms. The highest BCUT2D eigenvalue weighted by atomic mass is 32.1. The quantitative estimate of drug-likeness (QED) is 0.758. The molecule has 0 saturated carbocycles. The van der Waals surface area contributed by atoms with E-state index in [0.29, 0.717) is 10.7 Å². The van der Waals surface area contributed by atoms with Crippen molar-refractivity contribution in [2.45, 2.75) is 13.8 Å². The lowest BCUT2D eigenvalue weighted by molar-refractivity contribution is 0.102. The fourth-order valence-electron chi connectivity index (χ4n) is 2.12. The molecule has 106 valence electrons. The number of nitrogens with zero attached hydrogens (tertiary/aromatic N) is 1. The van der Waals surface area contributed by atoms with Crippen molar-refractivity contribution in [3.8, 4) is 11.3 Å². The predicted octanol–water partition coefficient (Wildman–Crippen LogP) is 4.74. The fraction of sp³-hybridized carbons (Fsp3) is 0.125. The van der Waals surface area contributed by atoms with Crippen LogP contribution in [-0.2, 0) is 0 Å². The number of thiophene rings is 1. The Morgan fingerprint density at radius 1 is 1.19 bits per heavy atom. The van der Waals surface area contributed by atoms with Crippen molar-refractivity contribution in [2.24, 2.45) is 0 Å². The number of carbonyl (C=O) groups is 1. The third-order valence-corrected chi connectivity index (χ3v) is 4.61. The van der Waals surface area contributed by atoms with Crippen LogP contribution in [-0.4, -0.2) is 10.9 Å². The van der Waals surface area contributed by atoms with Gasteiger partial charge in [-0.25, -0.2) is 4.98 Å². The minimum absolute atomic E-state index is 0.113. The van der Waals surface area contributed by atoms with Gasteiger partial charge in [0.25, 0.3) is 5.91 Å². The van der Waals surface area contributed by atoms with E-state index in [1.54, 1.807) is 6.07 Å². The van der Waals surface area contributed by atoms with E-state index in [9.17, 15) is 4.79 Å². The Labute approximate surface area is 131 Å². The minimum Gasteiger partial charge on any atom is -0.298 e. The Morgan fingerprint density at radius 3 is 2.76 bits per heavy atom. The molecule has 0 unspecified atom stereocenters. The minimum atomic E-state index is -0.113. The van der Waals surface area contributed by atoms with Crippen LogP contribution in [0.3, 0.4) is 0 Å². The molecule has 1 aromatic carbocycles. The lowest BCUT2D eigenvalue weighted by Crippen LogP contribution is -2.10. The van der Waals surface area contributed by atoms with Crippen LogP contribution in [0.4, 0.5) is 5.13 Å². The van der Waals surface area contributed by atoms with Crippen molar-refractivity contribution in [1.82, 2.24) is 4.98 Å². The Bertz CT molecular complexity index is 775. The van der Waals surface area contributed by atoms with Crippen molar-refractivity contribution < 1.29 is 4.79 Å². The van der Waals surface area contributed by atoms with E-state index < -0.39 is 0 Å². The summed E-state index contributed by atoms with van der Waals surface area (Å²) in [7, 11) is 0.